The SMILES string of the molecule is CCNc1ncnc(NC2(C)CCCC2)c1CC. The molecule has 1 saturated carbocycles. The minimum Gasteiger partial charge on any atom is -0.370 e. The van der Waals surface area contributed by atoms with E-state index < -0.39 is 0 Å². The third-order valence-electron chi connectivity index (χ3n) is 3.77. The van der Waals surface area contributed by atoms with Gasteiger partial charge in [-0.2, -0.15) is 0 Å². The monoisotopic (exact) mass is 248 g/mol. The average molecular weight is 248 g/mol. The Balaban J connectivity index is 2.23. The van der Waals surface area contributed by atoms with Gasteiger partial charge in [-0.15, -0.1) is 0 Å². The Morgan fingerprint density at radius 1 is 1.17 bits per heavy atom. The Morgan fingerprint density at radius 3 is 2.44 bits per heavy atom. The predicted octanol–water partition coefficient (Wildman–Crippen LogP) is 3.22. The third kappa shape index (κ3) is 2.74. The van der Waals surface area contributed by atoms with E-state index in [1.807, 2.05) is 0 Å². The molecule has 2 rings (SSSR count). The van der Waals surface area contributed by atoms with Gasteiger partial charge in [0.05, 0.1) is 0 Å². The molecule has 1 fully saturated rings. The lowest BCUT2D eigenvalue weighted by molar-refractivity contribution is 0.530. The summed E-state index contributed by atoms with van der Waals surface area (Å²) < 4.78 is 0. The predicted molar refractivity (Wildman–Crippen MR) is 76.1 cm³/mol. The molecule has 0 bridgehead atoms. The van der Waals surface area contributed by atoms with Crippen LogP contribution in [-0.4, -0.2) is 22.1 Å². The zero-order chi connectivity index (χ0) is 13.0. The molecule has 0 radical (unpaired) electrons. The van der Waals surface area contributed by atoms with Crippen molar-refractivity contribution in [1.29, 1.82) is 0 Å². The van der Waals surface area contributed by atoms with Crippen LogP contribution in [0.4, 0.5) is 11.6 Å². The van der Waals surface area contributed by atoms with Crippen LogP contribution in [0.15, 0.2) is 6.33 Å². The van der Waals surface area contributed by atoms with Gasteiger partial charge in [-0.25, -0.2) is 9.97 Å². The third-order valence-corrected chi connectivity index (χ3v) is 3.77. The molecular weight excluding hydrogens is 224 g/mol. The summed E-state index contributed by atoms with van der Waals surface area (Å²) in [5.74, 6) is 1.98. The number of anilines is 2. The van der Waals surface area contributed by atoms with Gasteiger partial charge in [0.1, 0.15) is 18.0 Å². The zero-order valence-corrected chi connectivity index (χ0v) is 11.7. The second-order valence-corrected chi connectivity index (χ2v) is 5.33. The highest BCUT2D eigenvalue weighted by Crippen LogP contribution is 2.33. The number of nitrogens with one attached hydrogen (secondary N) is 2. The van der Waals surface area contributed by atoms with Crippen molar-refractivity contribution in [1.82, 2.24) is 9.97 Å². The molecule has 1 aliphatic carbocycles. The lowest BCUT2D eigenvalue weighted by Gasteiger charge is -2.27. The van der Waals surface area contributed by atoms with Crippen molar-refractivity contribution in [3.63, 3.8) is 0 Å². The van der Waals surface area contributed by atoms with Crippen molar-refractivity contribution in [2.75, 3.05) is 17.2 Å². The minimum absolute atomic E-state index is 0.210. The Labute approximate surface area is 110 Å². The molecule has 2 N–H and O–H groups in total. The molecular formula is C14H24N4. The van der Waals surface area contributed by atoms with Crippen molar-refractivity contribution in [2.24, 2.45) is 0 Å². The molecule has 0 unspecified atom stereocenters. The number of hydrogen-bond acceptors (Lipinski definition) is 4. The second kappa shape index (κ2) is 5.55. The molecule has 0 saturated heterocycles. The second-order valence-electron chi connectivity index (χ2n) is 5.33. The molecule has 0 amide bonds. The van der Waals surface area contributed by atoms with E-state index in [1.54, 1.807) is 6.33 Å². The first-order chi connectivity index (χ1) is 8.68. The van der Waals surface area contributed by atoms with Crippen LogP contribution in [0.1, 0.15) is 52.0 Å². The highest BCUT2D eigenvalue weighted by Gasteiger charge is 2.29. The normalized spacial score (nSPS) is 17.7. The van der Waals surface area contributed by atoms with E-state index in [0.29, 0.717) is 0 Å². The van der Waals surface area contributed by atoms with Crippen molar-refractivity contribution >= 4 is 11.6 Å². The molecule has 100 valence electrons. The van der Waals surface area contributed by atoms with E-state index in [1.165, 1.54) is 31.2 Å². The van der Waals surface area contributed by atoms with E-state index in [2.05, 4.69) is 41.4 Å². The number of nitrogens with zero attached hydrogens (tertiary/aromatic N) is 2. The Hall–Kier alpha value is -1.32. The maximum Gasteiger partial charge on any atom is 0.135 e. The molecule has 4 nitrogen and oxygen atoms in total. The summed E-state index contributed by atoms with van der Waals surface area (Å²) in [5.41, 5.74) is 1.41. The van der Waals surface area contributed by atoms with Gasteiger partial charge in [0.25, 0.3) is 0 Å². The van der Waals surface area contributed by atoms with E-state index in [4.69, 9.17) is 0 Å². The molecule has 0 aliphatic heterocycles. The summed E-state index contributed by atoms with van der Waals surface area (Å²) in [7, 11) is 0. The van der Waals surface area contributed by atoms with Gasteiger partial charge in [0.2, 0.25) is 0 Å². The van der Waals surface area contributed by atoms with Crippen LogP contribution in [0, 0.1) is 0 Å². The topological polar surface area (TPSA) is 49.8 Å². The smallest absolute Gasteiger partial charge is 0.135 e. The largest absolute Gasteiger partial charge is 0.370 e. The van der Waals surface area contributed by atoms with Crippen LogP contribution >= 0.6 is 0 Å². The maximum absolute atomic E-state index is 4.44. The van der Waals surface area contributed by atoms with Gasteiger partial charge in [0.15, 0.2) is 0 Å². The van der Waals surface area contributed by atoms with Gasteiger partial charge in [0, 0.05) is 17.6 Å². The quantitative estimate of drug-likeness (QED) is 0.840. The average Bonchev–Trinajstić information content (AvgIpc) is 2.77. The Kier molecular flexibility index (Phi) is 4.04. The number of aromatic nitrogens is 2. The van der Waals surface area contributed by atoms with Gasteiger partial charge in [-0.05, 0) is 33.1 Å². The lowest BCUT2D eigenvalue weighted by Crippen LogP contribution is -2.32. The lowest BCUT2D eigenvalue weighted by atomic mass is 10.0. The first-order valence-electron chi connectivity index (χ1n) is 7.04. The molecule has 4 heteroatoms. The number of hydrogen-bond donors (Lipinski definition) is 2. The summed E-state index contributed by atoms with van der Waals surface area (Å²) in [5, 5.41) is 6.96. The molecule has 1 aliphatic rings. The standard InChI is InChI=1S/C14H24N4/c1-4-11-12(15-5-2)16-10-17-13(11)18-14(3)8-6-7-9-14/h10H,4-9H2,1-3H3,(H2,15,16,17,18). The number of rotatable bonds is 5. The van der Waals surface area contributed by atoms with Crippen LogP contribution < -0.4 is 10.6 Å². The summed E-state index contributed by atoms with van der Waals surface area (Å²) >= 11 is 0. The van der Waals surface area contributed by atoms with Crippen LogP contribution in [0.3, 0.4) is 0 Å². The molecule has 18 heavy (non-hydrogen) atoms. The van der Waals surface area contributed by atoms with Gasteiger partial charge < -0.3 is 10.6 Å². The molecule has 1 heterocycles. The van der Waals surface area contributed by atoms with E-state index >= 15 is 0 Å². The van der Waals surface area contributed by atoms with Crippen LogP contribution in [0.5, 0.6) is 0 Å². The van der Waals surface area contributed by atoms with Crippen LogP contribution in [0.25, 0.3) is 0 Å². The van der Waals surface area contributed by atoms with Gasteiger partial charge >= 0.3 is 0 Å². The zero-order valence-electron chi connectivity index (χ0n) is 11.7. The first kappa shape index (κ1) is 13.1. The first-order valence-corrected chi connectivity index (χ1v) is 7.04. The molecule has 0 atom stereocenters. The fraction of sp³-hybridized carbons (Fsp3) is 0.714. The van der Waals surface area contributed by atoms with Gasteiger partial charge in [-0.1, -0.05) is 19.8 Å². The van der Waals surface area contributed by atoms with E-state index in [9.17, 15) is 0 Å². The van der Waals surface area contributed by atoms with E-state index in [-0.39, 0.29) is 5.54 Å². The Bertz CT molecular complexity index is 397. The summed E-state index contributed by atoms with van der Waals surface area (Å²) in [6, 6.07) is 0. The molecule has 0 aromatic carbocycles. The Morgan fingerprint density at radius 2 is 1.83 bits per heavy atom. The minimum atomic E-state index is 0.210. The van der Waals surface area contributed by atoms with Crippen molar-refractivity contribution in [3.05, 3.63) is 11.9 Å². The summed E-state index contributed by atoms with van der Waals surface area (Å²) in [6.07, 6.45) is 7.69. The van der Waals surface area contributed by atoms with Crippen LogP contribution in [0.2, 0.25) is 0 Å². The fourth-order valence-electron chi connectivity index (χ4n) is 2.74. The molecule has 1 aromatic rings. The summed E-state index contributed by atoms with van der Waals surface area (Å²) in [6.45, 7) is 7.43. The molecule has 1 aromatic heterocycles. The summed E-state index contributed by atoms with van der Waals surface area (Å²) in [4.78, 5) is 8.77. The highest BCUT2D eigenvalue weighted by molar-refractivity contribution is 5.58. The fourth-order valence-corrected chi connectivity index (χ4v) is 2.74. The molecule has 0 spiro atoms. The van der Waals surface area contributed by atoms with Crippen molar-refractivity contribution in [2.45, 2.75) is 58.4 Å². The van der Waals surface area contributed by atoms with Gasteiger partial charge in [-0.3, -0.25) is 0 Å². The highest BCUT2D eigenvalue weighted by atomic mass is 15.1. The van der Waals surface area contributed by atoms with E-state index in [0.717, 1.165) is 24.6 Å². The van der Waals surface area contributed by atoms with Crippen LogP contribution in [-0.2, 0) is 6.42 Å². The van der Waals surface area contributed by atoms with Crippen molar-refractivity contribution < 1.29 is 0 Å². The van der Waals surface area contributed by atoms with Crippen molar-refractivity contribution in [3.8, 4) is 0 Å². The maximum atomic E-state index is 4.44.